The highest BCUT2D eigenvalue weighted by molar-refractivity contribution is 5.93. The van der Waals surface area contributed by atoms with E-state index in [-0.39, 0.29) is 24.3 Å². The van der Waals surface area contributed by atoms with Gasteiger partial charge in [-0.1, -0.05) is 6.07 Å². The lowest BCUT2D eigenvalue weighted by atomic mass is 10.2. The number of anilines is 2. The maximum absolute atomic E-state index is 12.0. The average molecular weight is 318 g/mol. The number of carbonyl (C=O) groups is 3. The Hall–Kier alpha value is -2.57. The molecule has 7 nitrogen and oxygen atoms in total. The quantitative estimate of drug-likeness (QED) is 0.747. The zero-order valence-corrected chi connectivity index (χ0v) is 13.2. The number of nitrogens with zero attached hydrogens (tertiary/aromatic N) is 1. The normalized spacial score (nSPS) is 13.8. The molecular formula is C16H22N4O3. The number of likely N-dealkylation sites (tertiary alicyclic amines) is 1. The van der Waals surface area contributed by atoms with Gasteiger partial charge in [-0.15, -0.1) is 0 Å². The molecule has 1 aromatic rings. The van der Waals surface area contributed by atoms with E-state index in [0.29, 0.717) is 30.9 Å². The van der Waals surface area contributed by atoms with Crippen molar-refractivity contribution < 1.29 is 14.4 Å². The Balaban J connectivity index is 1.83. The Morgan fingerprint density at radius 2 is 1.96 bits per heavy atom. The van der Waals surface area contributed by atoms with Crippen LogP contribution in [0.2, 0.25) is 0 Å². The van der Waals surface area contributed by atoms with Gasteiger partial charge in [0.2, 0.25) is 11.8 Å². The molecule has 3 N–H and O–H groups in total. The number of nitrogens with one attached hydrogen (secondary N) is 3. The van der Waals surface area contributed by atoms with E-state index in [1.54, 1.807) is 29.2 Å². The van der Waals surface area contributed by atoms with Crippen molar-refractivity contribution >= 4 is 29.2 Å². The fourth-order valence-electron chi connectivity index (χ4n) is 2.41. The van der Waals surface area contributed by atoms with E-state index in [9.17, 15) is 14.4 Å². The Kier molecular flexibility index (Phi) is 5.96. The molecule has 0 aromatic heterocycles. The lowest BCUT2D eigenvalue weighted by molar-refractivity contribution is -0.128. The number of benzene rings is 1. The van der Waals surface area contributed by atoms with Crippen molar-refractivity contribution in [3.05, 3.63) is 24.3 Å². The Morgan fingerprint density at radius 1 is 1.22 bits per heavy atom. The molecule has 0 atom stereocenters. The van der Waals surface area contributed by atoms with Crippen molar-refractivity contribution in [1.29, 1.82) is 0 Å². The van der Waals surface area contributed by atoms with Gasteiger partial charge in [-0.2, -0.15) is 0 Å². The predicted molar refractivity (Wildman–Crippen MR) is 88.2 cm³/mol. The SMILES string of the molecule is CCNC(=O)Nc1cccc(NC(=O)CCN2CCCC2=O)c1. The first-order valence-electron chi connectivity index (χ1n) is 7.81. The van der Waals surface area contributed by atoms with Crippen LogP contribution in [0, 0.1) is 0 Å². The summed E-state index contributed by atoms with van der Waals surface area (Å²) in [6.07, 6.45) is 1.71. The van der Waals surface area contributed by atoms with Crippen LogP contribution in [0.25, 0.3) is 0 Å². The first-order chi connectivity index (χ1) is 11.1. The molecule has 124 valence electrons. The van der Waals surface area contributed by atoms with Crippen LogP contribution in [0.5, 0.6) is 0 Å². The molecule has 1 fully saturated rings. The van der Waals surface area contributed by atoms with Crippen LogP contribution in [0.15, 0.2) is 24.3 Å². The molecule has 1 aliphatic heterocycles. The molecule has 0 saturated carbocycles. The van der Waals surface area contributed by atoms with Crippen LogP contribution < -0.4 is 16.0 Å². The second-order valence-electron chi connectivity index (χ2n) is 5.35. The Morgan fingerprint density at radius 3 is 2.61 bits per heavy atom. The molecule has 7 heteroatoms. The fraction of sp³-hybridized carbons (Fsp3) is 0.438. The van der Waals surface area contributed by atoms with E-state index >= 15 is 0 Å². The highest BCUT2D eigenvalue weighted by Crippen LogP contribution is 2.16. The van der Waals surface area contributed by atoms with Crippen LogP contribution in [0.3, 0.4) is 0 Å². The first kappa shape index (κ1) is 16.8. The fourth-order valence-corrected chi connectivity index (χ4v) is 2.41. The van der Waals surface area contributed by atoms with Gasteiger partial charge in [-0.3, -0.25) is 9.59 Å². The summed E-state index contributed by atoms with van der Waals surface area (Å²) in [5.74, 6) is -0.0363. The van der Waals surface area contributed by atoms with E-state index in [1.807, 2.05) is 6.92 Å². The van der Waals surface area contributed by atoms with Gasteiger partial charge in [-0.05, 0) is 31.5 Å². The molecular weight excluding hydrogens is 296 g/mol. The van der Waals surface area contributed by atoms with E-state index in [0.717, 1.165) is 13.0 Å². The molecule has 2 rings (SSSR count). The third kappa shape index (κ3) is 5.28. The summed E-state index contributed by atoms with van der Waals surface area (Å²) in [7, 11) is 0. The van der Waals surface area contributed by atoms with Crippen LogP contribution in [-0.2, 0) is 9.59 Å². The molecule has 1 saturated heterocycles. The largest absolute Gasteiger partial charge is 0.342 e. The van der Waals surface area contributed by atoms with Gasteiger partial charge in [0.25, 0.3) is 0 Å². The topological polar surface area (TPSA) is 90.5 Å². The van der Waals surface area contributed by atoms with Gasteiger partial charge in [-0.25, -0.2) is 4.79 Å². The van der Waals surface area contributed by atoms with Gasteiger partial charge in [0.05, 0.1) is 0 Å². The summed E-state index contributed by atoms with van der Waals surface area (Å²) in [5, 5.41) is 8.10. The number of hydrogen-bond donors (Lipinski definition) is 3. The van der Waals surface area contributed by atoms with Crippen LogP contribution >= 0.6 is 0 Å². The van der Waals surface area contributed by atoms with E-state index in [4.69, 9.17) is 0 Å². The summed E-state index contributed by atoms with van der Waals surface area (Å²) in [6, 6.07) is 6.65. The Labute approximate surface area is 135 Å². The van der Waals surface area contributed by atoms with Crippen LogP contribution in [0.1, 0.15) is 26.2 Å². The molecule has 4 amide bonds. The number of rotatable bonds is 6. The Bertz CT molecular complexity index is 588. The highest BCUT2D eigenvalue weighted by Gasteiger charge is 2.20. The predicted octanol–water partition coefficient (Wildman–Crippen LogP) is 1.78. The van der Waals surface area contributed by atoms with Gasteiger partial charge in [0.1, 0.15) is 0 Å². The molecule has 0 unspecified atom stereocenters. The summed E-state index contributed by atoms with van der Waals surface area (Å²) < 4.78 is 0. The van der Waals surface area contributed by atoms with Crippen molar-refractivity contribution in [3.8, 4) is 0 Å². The number of amides is 4. The molecule has 1 aromatic carbocycles. The monoisotopic (exact) mass is 318 g/mol. The molecule has 0 bridgehead atoms. The van der Waals surface area contributed by atoms with Gasteiger partial charge >= 0.3 is 6.03 Å². The third-order valence-electron chi connectivity index (χ3n) is 3.52. The third-order valence-corrected chi connectivity index (χ3v) is 3.52. The van der Waals surface area contributed by atoms with Crippen LogP contribution in [0.4, 0.5) is 16.2 Å². The maximum atomic E-state index is 12.0. The zero-order valence-electron chi connectivity index (χ0n) is 13.2. The zero-order chi connectivity index (χ0) is 16.7. The summed E-state index contributed by atoms with van der Waals surface area (Å²) in [6.45, 7) is 3.55. The minimum absolute atomic E-state index is 0.117. The maximum Gasteiger partial charge on any atom is 0.319 e. The van der Waals surface area contributed by atoms with Gasteiger partial charge in [0, 0.05) is 43.9 Å². The first-order valence-corrected chi connectivity index (χ1v) is 7.81. The molecule has 1 heterocycles. The second-order valence-corrected chi connectivity index (χ2v) is 5.35. The van der Waals surface area contributed by atoms with Crippen molar-refractivity contribution in [1.82, 2.24) is 10.2 Å². The van der Waals surface area contributed by atoms with Crippen molar-refractivity contribution in [2.24, 2.45) is 0 Å². The number of carbonyl (C=O) groups excluding carboxylic acids is 3. The van der Waals surface area contributed by atoms with Gasteiger partial charge < -0.3 is 20.9 Å². The average Bonchev–Trinajstić information content (AvgIpc) is 2.91. The van der Waals surface area contributed by atoms with Gasteiger partial charge in [0.15, 0.2) is 0 Å². The molecule has 0 radical (unpaired) electrons. The second kappa shape index (κ2) is 8.17. The smallest absolute Gasteiger partial charge is 0.319 e. The lowest BCUT2D eigenvalue weighted by Crippen LogP contribution is -2.29. The highest BCUT2D eigenvalue weighted by atomic mass is 16.2. The minimum Gasteiger partial charge on any atom is -0.342 e. The van der Waals surface area contributed by atoms with Crippen molar-refractivity contribution in [3.63, 3.8) is 0 Å². The van der Waals surface area contributed by atoms with E-state index < -0.39 is 0 Å². The van der Waals surface area contributed by atoms with E-state index in [2.05, 4.69) is 16.0 Å². The summed E-state index contributed by atoms with van der Waals surface area (Å²) >= 11 is 0. The van der Waals surface area contributed by atoms with Crippen LogP contribution in [-0.4, -0.2) is 42.4 Å². The van der Waals surface area contributed by atoms with Crippen molar-refractivity contribution in [2.45, 2.75) is 26.2 Å². The summed E-state index contributed by atoms with van der Waals surface area (Å²) in [4.78, 5) is 36.7. The molecule has 0 spiro atoms. The number of urea groups is 1. The standard InChI is InChI=1S/C16H22N4O3/c1-2-17-16(23)19-13-6-3-5-12(11-13)18-14(21)8-10-20-9-4-7-15(20)22/h3,5-6,11H,2,4,7-10H2,1H3,(H,18,21)(H2,17,19,23). The lowest BCUT2D eigenvalue weighted by Gasteiger charge is -2.15. The number of hydrogen-bond acceptors (Lipinski definition) is 3. The summed E-state index contributed by atoms with van der Waals surface area (Å²) in [5.41, 5.74) is 1.21. The van der Waals surface area contributed by atoms with Crippen molar-refractivity contribution in [2.75, 3.05) is 30.3 Å². The molecule has 0 aliphatic carbocycles. The molecule has 23 heavy (non-hydrogen) atoms. The minimum atomic E-state index is -0.288. The molecule has 1 aliphatic rings. The van der Waals surface area contributed by atoms with E-state index in [1.165, 1.54) is 0 Å².